The summed E-state index contributed by atoms with van der Waals surface area (Å²) in [5.41, 5.74) is -0.587. The van der Waals surface area contributed by atoms with Crippen molar-refractivity contribution in [3.05, 3.63) is 0 Å². The molecule has 0 spiro atoms. The minimum Gasteiger partial charge on any atom is -0.382 e. The summed E-state index contributed by atoms with van der Waals surface area (Å²) in [6.45, 7) is 5.81. The van der Waals surface area contributed by atoms with Gasteiger partial charge >= 0.3 is 0 Å². The van der Waals surface area contributed by atoms with E-state index < -0.39 is 5.44 Å². The molecule has 0 saturated carbocycles. The second-order valence-electron chi connectivity index (χ2n) is 2.74. The first kappa shape index (κ1) is 7.31. The van der Waals surface area contributed by atoms with E-state index in [1.807, 2.05) is 20.8 Å². The van der Waals surface area contributed by atoms with Crippen molar-refractivity contribution in [3.63, 3.8) is 0 Å². The van der Waals surface area contributed by atoms with Crippen LogP contribution in [0.2, 0.25) is 0 Å². The summed E-state index contributed by atoms with van der Waals surface area (Å²) < 4.78 is 0. The Labute approximate surface area is 50.1 Å². The number of hydrogen-bond acceptors (Lipinski definition) is 2. The highest BCUT2D eigenvalue weighted by atomic mass is 32.1. The predicted molar refractivity (Wildman–Crippen MR) is 34.4 cm³/mol. The molecule has 7 heavy (non-hydrogen) atoms. The Morgan fingerprint density at radius 2 is 1.57 bits per heavy atom. The number of thiol groups is 1. The average molecular weight is 120 g/mol. The molecule has 2 heteroatoms. The number of hydrogen-bond donors (Lipinski definition) is 2. The smallest absolute Gasteiger partial charge is 0.101 e. The summed E-state index contributed by atoms with van der Waals surface area (Å²) in [6.07, 6.45) is 0. The summed E-state index contributed by atoms with van der Waals surface area (Å²) in [6, 6.07) is 0. The molecule has 0 aromatic rings. The monoisotopic (exact) mass is 120 g/mol. The van der Waals surface area contributed by atoms with Crippen molar-refractivity contribution in [1.82, 2.24) is 0 Å². The van der Waals surface area contributed by atoms with Gasteiger partial charge in [0.05, 0.1) is 0 Å². The molecular formula is C5H12OS. The van der Waals surface area contributed by atoms with Gasteiger partial charge in [-0.2, -0.15) is 0 Å². The first-order valence-electron chi connectivity index (χ1n) is 2.31. The van der Waals surface area contributed by atoms with E-state index >= 15 is 0 Å². The SMILES string of the molecule is CC(C)(C)C(O)S. The van der Waals surface area contributed by atoms with Crippen molar-refractivity contribution in [1.29, 1.82) is 0 Å². The fourth-order valence-electron chi connectivity index (χ4n) is 0. The molecule has 0 amide bonds. The molecule has 0 bridgehead atoms. The van der Waals surface area contributed by atoms with Crippen LogP contribution in [0.4, 0.5) is 0 Å². The molecule has 1 atom stereocenters. The molecule has 44 valence electrons. The Bertz CT molecular complexity index is 53.6. The van der Waals surface area contributed by atoms with Gasteiger partial charge < -0.3 is 5.11 Å². The standard InChI is InChI=1S/C5H12OS/c1-5(2,3)4(6)7/h4,6-7H,1-3H3. The van der Waals surface area contributed by atoms with Crippen LogP contribution in [0.1, 0.15) is 20.8 Å². The third-order valence-electron chi connectivity index (χ3n) is 0.775. The van der Waals surface area contributed by atoms with Gasteiger partial charge in [0.2, 0.25) is 0 Å². The lowest BCUT2D eigenvalue weighted by atomic mass is 9.98. The van der Waals surface area contributed by atoms with Gasteiger partial charge in [0.15, 0.2) is 0 Å². The lowest BCUT2D eigenvalue weighted by Gasteiger charge is -2.20. The summed E-state index contributed by atoms with van der Waals surface area (Å²) in [5, 5.41) is 8.75. The molecule has 0 rings (SSSR count). The minimum absolute atomic E-state index is 0.0802. The Kier molecular flexibility index (Phi) is 2.14. The molecule has 0 heterocycles. The molecule has 0 fully saturated rings. The number of rotatable bonds is 0. The molecule has 0 aliphatic heterocycles. The van der Waals surface area contributed by atoms with E-state index in [0.717, 1.165) is 0 Å². The third kappa shape index (κ3) is 2.94. The van der Waals surface area contributed by atoms with Crippen molar-refractivity contribution in [3.8, 4) is 0 Å². The van der Waals surface area contributed by atoms with Gasteiger partial charge in [0.25, 0.3) is 0 Å². The second-order valence-corrected chi connectivity index (χ2v) is 3.23. The zero-order valence-electron chi connectivity index (χ0n) is 4.97. The van der Waals surface area contributed by atoms with Gasteiger partial charge in [-0.25, -0.2) is 0 Å². The van der Waals surface area contributed by atoms with Crippen LogP contribution in [-0.4, -0.2) is 10.5 Å². The van der Waals surface area contributed by atoms with E-state index in [0.29, 0.717) is 0 Å². The predicted octanol–water partition coefficient (Wildman–Crippen LogP) is 1.28. The largest absolute Gasteiger partial charge is 0.382 e. The Balaban J connectivity index is 3.54. The third-order valence-corrected chi connectivity index (χ3v) is 1.55. The Hall–Kier alpha value is 0.310. The van der Waals surface area contributed by atoms with E-state index in [-0.39, 0.29) is 5.41 Å². The molecule has 1 nitrogen and oxygen atoms in total. The van der Waals surface area contributed by atoms with Crippen LogP contribution < -0.4 is 0 Å². The van der Waals surface area contributed by atoms with Crippen molar-refractivity contribution >= 4 is 12.6 Å². The first-order chi connectivity index (χ1) is 2.94. The van der Waals surface area contributed by atoms with Crippen LogP contribution >= 0.6 is 12.6 Å². The van der Waals surface area contributed by atoms with Crippen LogP contribution in [0, 0.1) is 5.41 Å². The minimum atomic E-state index is -0.507. The molecule has 1 unspecified atom stereocenters. The van der Waals surface area contributed by atoms with Crippen LogP contribution in [0.3, 0.4) is 0 Å². The lowest BCUT2D eigenvalue weighted by Crippen LogP contribution is -2.19. The summed E-state index contributed by atoms with van der Waals surface area (Å²) >= 11 is 3.83. The topological polar surface area (TPSA) is 20.2 Å². The van der Waals surface area contributed by atoms with Gasteiger partial charge in [-0.05, 0) is 5.41 Å². The van der Waals surface area contributed by atoms with E-state index in [2.05, 4.69) is 12.6 Å². The van der Waals surface area contributed by atoms with E-state index in [4.69, 9.17) is 5.11 Å². The molecule has 0 aliphatic rings. The molecular weight excluding hydrogens is 108 g/mol. The number of aliphatic hydroxyl groups is 1. The van der Waals surface area contributed by atoms with Crippen molar-refractivity contribution in [2.75, 3.05) is 0 Å². The van der Waals surface area contributed by atoms with Crippen LogP contribution in [0.15, 0.2) is 0 Å². The normalized spacial score (nSPS) is 16.7. The van der Waals surface area contributed by atoms with Crippen LogP contribution in [-0.2, 0) is 0 Å². The first-order valence-corrected chi connectivity index (χ1v) is 2.82. The highest BCUT2D eigenvalue weighted by Gasteiger charge is 2.16. The van der Waals surface area contributed by atoms with Crippen LogP contribution in [0.25, 0.3) is 0 Å². The molecule has 0 radical (unpaired) electrons. The van der Waals surface area contributed by atoms with Crippen molar-refractivity contribution in [2.24, 2.45) is 5.41 Å². The maximum Gasteiger partial charge on any atom is 0.101 e. The highest BCUT2D eigenvalue weighted by Crippen LogP contribution is 2.20. The summed E-state index contributed by atoms with van der Waals surface area (Å²) in [4.78, 5) is 0. The number of aliphatic hydroxyl groups excluding tert-OH is 1. The molecule has 0 aromatic heterocycles. The summed E-state index contributed by atoms with van der Waals surface area (Å²) in [5.74, 6) is 0. The van der Waals surface area contributed by atoms with Gasteiger partial charge in [-0.1, -0.05) is 20.8 Å². The van der Waals surface area contributed by atoms with E-state index in [1.165, 1.54) is 0 Å². The quantitative estimate of drug-likeness (QED) is 0.364. The summed E-state index contributed by atoms with van der Waals surface area (Å²) in [7, 11) is 0. The fraction of sp³-hybridized carbons (Fsp3) is 1.00. The molecule has 0 saturated heterocycles. The van der Waals surface area contributed by atoms with Gasteiger partial charge in [-0.3, -0.25) is 0 Å². The maximum absolute atomic E-state index is 8.75. The van der Waals surface area contributed by atoms with Crippen LogP contribution in [0.5, 0.6) is 0 Å². The van der Waals surface area contributed by atoms with Crippen molar-refractivity contribution in [2.45, 2.75) is 26.2 Å². The van der Waals surface area contributed by atoms with E-state index in [1.54, 1.807) is 0 Å². The van der Waals surface area contributed by atoms with E-state index in [9.17, 15) is 0 Å². The fourth-order valence-corrected chi connectivity index (χ4v) is 0. The highest BCUT2D eigenvalue weighted by molar-refractivity contribution is 7.80. The van der Waals surface area contributed by atoms with Crippen molar-refractivity contribution < 1.29 is 5.11 Å². The Morgan fingerprint density at radius 3 is 1.57 bits per heavy atom. The Morgan fingerprint density at radius 1 is 1.43 bits per heavy atom. The molecule has 1 N–H and O–H groups in total. The maximum atomic E-state index is 8.75. The zero-order chi connectivity index (χ0) is 6.08. The second kappa shape index (κ2) is 2.05. The molecule has 0 aromatic carbocycles. The van der Waals surface area contributed by atoms with Gasteiger partial charge in [0.1, 0.15) is 5.44 Å². The zero-order valence-corrected chi connectivity index (χ0v) is 5.87. The van der Waals surface area contributed by atoms with Gasteiger partial charge in [-0.15, -0.1) is 12.6 Å². The van der Waals surface area contributed by atoms with Gasteiger partial charge in [0, 0.05) is 0 Å². The average Bonchev–Trinajstić information content (AvgIpc) is 1.31. The molecule has 0 aliphatic carbocycles. The lowest BCUT2D eigenvalue weighted by molar-refractivity contribution is 0.144.